The Morgan fingerprint density at radius 3 is 0.700 bits per heavy atom. The molecular weight excluding hydrogens is 480 g/mol. The summed E-state index contributed by atoms with van der Waals surface area (Å²) in [6, 6.07) is 0. The molecule has 0 N–H and O–H groups in total. The third-order valence-electron chi connectivity index (χ3n) is 9.54. The van der Waals surface area contributed by atoms with Crippen LogP contribution in [0, 0.1) is 12.8 Å². The van der Waals surface area contributed by atoms with E-state index in [0.29, 0.717) is 0 Å². The smallest absolute Gasteiger partial charge is 0.0414 e. The molecule has 1 radical (unpaired) electrons. The predicted molar refractivity (Wildman–Crippen MR) is 186 cm³/mol. The molecule has 0 aliphatic rings. The Hall–Kier alpha value is 0. The summed E-state index contributed by atoms with van der Waals surface area (Å²) in [5, 5.41) is 0. The van der Waals surface area contributed by atoms with E-state index in [1.807, 2.05) is 0 Å². The van der Waals surface area contributed by atoms with Gasteiger partial charge in [-0.3, -0.25) is 0 Å². The molecule has 0 aliphatic heterocycles. The Labute approximate surface area is 257 Å². The molecule has 0 aromatic heterocycles. The summed E-state index contributed by atoms with van der Waals surface area (Å²) < 4.78 is 0. The first-order valence-electron chi connectivity index (χ1n) is 19.6. The maximum absolute atomic E-state index is 4.07. The second-order valence-corrected chi connectivity index (χ2v) is 13.7. The number of rotatable bonds is 36. The van der Waals surface area contributed by atoms with Gasteiger partial charge in [0.25, 0.3) is 0 Å². The van der Waals surface area contributed by atoms with Crippen LogP contribution in [0.15, 0.2) is 0 Å². The van der Waals surface area contributed by atoms with Crippen LogP contribution in [0.1, 0.15) is 245 Å². The van der Waals surface area contributed by atoms with E-state index < -0.39 is 0 Å². The maximum atomic E-state index is 4.07. The first kappa shape index (κ1) is 40.0. The summed E-state index contributed by atoms with van der Waals surface area (Å²) in [5.41, 5.74) is 0. The Kier molecular flexibility index (Phi) is 37.0. The van der Waals surface area contributed by atoms with Crippen molar-refractivity contribution in [1.82, 2.24) is 0 Å². The highest BCUT2D eigenvalue weighted by Gasteiger charge is 2.08. The molecule has 0 bridgehead atoms. The summed E-state index contributed by atoms with van der Waals surface area (Å²) >= 11 is 0. The van der Waals surface area contributed by atoms with Gasteiger partial charge in [-0.05, 0) is 5.92 Å². The molecule has 40 heavy (non-hydrogen) atoms. The van der Waals surface area contributed by atoms with Gasteiger partial charge in [-0.1, -0.05) is 252 Å². The normalized spacial score (nSPS) is 12.4. The van der Waals surface area contributed by atoms with Crippen molar-refractivity contribution in [3.63, 3.8) is 0 Å². The molecule has 1 atom stereocenters. The highest BCUT2D eigenvalue weighted by atomic mass is 14.1. The largest absolute Gasteiger partial charge is 0.0654 e. The van der Waals surface area contributed by atoms with Gasteiger partial charge >= 0.3 is 0 Å². The average Bonchev–Trinajstić information content (AvgIpc) is 2.96. The van der Waals surface area contributed by atoms with Crippen molar-refractivity contribution in [3.05, 3.63) is 6.92 Å². The minimum absolute atomic E-state index is 1.01. The molecule has 0 aliphatic carbocycles. The van der Waals surface area contributed by atoms with Crippen LogP contribution in [0.2, 0.25) is 0 Å². The fourth-order valence-electron chi connectivity index (χ4n) is 6.65. The molecule has 0 spiro atoms. The van der Waals surface area contributed by atoms with Crippen LogP contribution in [0.5, 0.6) is 0 Å². The van der Waals surface area contributed by atoms with Crippen LogP contribution in [0.25, 0.3) is 0 Å². The van der Waals surface area contributed by atoms with Crippen molar-refractivity contribution in [2.24, 2.45) is 5.92 Å². The standard InChI is InChI=1S/C40H81/c1-4-7-10-12-14-16-18-19-20-21-22-23-24-25-26-27-29-31-33-36-39-40(37-34-9-6-3)38-35-32-30-28-17-15-13-11-8-5-2/h40H,3-39H2,1-2H3. The Morgan fingerprint density at radius 1 is 0.275 bits per heavy atom. The van der Waals surface area contributed by atoms with Gasteiger partial charge in [-0.2, -0.15) is 0 Å². The summed E-state index contributed by atoms with van der Waals surface area (Å²) in [7, 11) is 0. The minimum atomic E-state index is 1.01. The van der Waals surface area contributed by atoms with Crippen molar-refractivity contribution in [1.29, 1.82) is 0 Å². The monoisotopic (exact) mass is 562 g/mol. The predicted octanol–water partition coefficient (Wildman–Crippen LogP) is 15.5. The van der Waals surface area contributed by atoms with Gasteiger partial charge in [0.2, 0.25) is 0 Å². The number of hydrogen-bond donors (Lipinski definition) is 0. The van der Waals surface area contributed by atoms with E-state index in [9.17, 15) is 0 Å². The first-order chi connectivity index (χ1) is 19.8. The van der Waals surface area contributed by atoms with E-state index in [2.05, 4.69) is 20.8 Å². The van der Waals surface area contributed by atoms with Crippen LogP contribution >= 0.6 is 0 Å². The molecule has 0 amide bonds. The van der Waals surface area contributed by atoms with Gasteiger partial charge in [0, 0.05) is 0 Å². The fourth-order valence-corrected chi connectivity index (χ4v) is 6.65. The molecule has 0 heterocycles. The molecule has 0 aromatic rings. The molecule has 0 heteroatoms. The summed E-state index contributed by atoms with van der Waals surface area (Å²) in [5.74, 6) is 1.01. The van der Waals surface area contributed by atoms with E-state index in [-0.39, 0.29) is 0 Å². The Balaban J connectivity index is 3.47. The SMILES string of the molecule is [CH2]CCCCC(CCCCCCCCCCCC)CCCCCCCCCCCCCCCCCCCCCC. The molecule has 0 saturated carbocycles. The van der Waals surface area contributed by atoms with Crippen LogP contribution < -0.4 is 0 Å². The zero-order valence-electron chi connectivity index (χ0n) is 28.7. The van der Waals surface area contributed by atoms with Gasteiger partial charge in [0.15, 0.2) is 0 Å². The minimum Gasteiger partial charge on any atom is -0.0654 e. The van der Waals surface area contributed by atoms with Crippen LogP contribution in [0.3, 0.4) is 0 Å². The van der Waals surface area contributed by atoms with Crippen LogP contribution in [0.4, 0.5) is 0 Å². The quantitative estimate of drug-likeness (QED) is 0.0667. The van der Waals surface area contributed by atoms with Gasteiger partial charge in [0.05, 0.1) is 0 Å². The van der Waals surface area contributed by atoms with Crippen molar-refractivity contribution < 1.29 is 0 Å². The molecule has 0 saturated heterocycles. The zero-order valence-corrected chi connectivity index (χ0v) is 28.7. The van der Waals surface area contributed by atoms with E-state index in [1.54, 1.807) is 0 Å². The Bertz CT molecular complexity index is 412. The molecule has 0 fully saturated rings. The number of hydrogen-bond acceptors (Lipinski definition) is 0. The molecule has 0 nitrogen and oxygen atoms in total. The maximum Gasteiger partial charge on any atom is -0.0414 e. The lowest BCUT2D eigenvalue weighted by Crippen LogP contribution is -2.01. The van der Waals surface area contributed by atoms with Crippen LogP contribution in [-0.4, -0.2) is 0 Å². The molecule has 241 valence electrons. The van der Waals surface area contributed by atoms with Gasteiger partial charge in [-0.15, -0.1) is 0 Å². The fraction of sp³-hybridized carbons (Fsp3) is 0.975. The van der Waals surface area contributed by atoms with E-state index in [0.717, 1.165) is 12.3 Å². The van der Waals surface area contributed by atoms with Gasteiger partial charge < -0.3 is 0 Å². The van der Waals surface area contributed by atoms with Crippen molar-refractivity contribution in [3.8, 4) is 0 Å². The lowest BCUT2D eigenvalue weighted by molar-refractivity contribution is 0.368. The van der Waals surface area contributed by atoms with Crippen molar-refractivity contribution >= 4 is 0 Å². The lowest BCUT2D eigenvalue weighted by atomic mass is 9.89. The second kappa shape index (κ2) is 37.0. The molecular formula is C40H81. The van der Waals surface area contributed by atoms with E-state index in [4.69, 9.17) is 0 Å². The summed E-state index contributed by atoms with van der Waals surface area (Å²) in [4.78, 5) is 0. The zero-order chi connectivity index (χ0) is 29.0. The third-order valence-corrected chi connectivity index (χ3v) is 9.54. The molecule has 0 rings (SSSR count). The van der Waals surface area contributed by atoms with Gasteiger partial charge in [-0.25, -0.2) is 0 Å². The van der Waals surface area contributed by atoms with Crippen LogP contribution in [-0.2, 0) is 0 Å². The summed E-state index contributed by atoms with van der Waals surface area (Å²) in [6.07, 6.45) is 52.6. The topological polar surface area (TPSA) is 0 Å². The highest BCUT2D eigenvalue weighted by Crippen LogP contribution is 2.24. The van der Waals surface area contributed by atoms with Crippen molar-refractivity contribution in [2.75, 3.05) is 0 Å². The first-order valence-corrected chi connectivity index (χ1v) is 19.6. The molecule has 0 aromatic carbocycles. The lowest BCUT2D eigenvalue weighted by Gasteiger charge is -2.17. The van der Waals surface area contributed by atoms with E-state index >= 15 is 0 Å². The van der Waals surface area contributed by atoms with Crippen molar-refractivity contribution in [2.45, 2.75) is 245 Å². The second-order valence-electron chi connectivity index (χ2n) is 13.7. The molecule has 1 unspecified atom stereocenters. The summed E-state index contributed by atoms with van der Waals surface area (Å²) in [6.45, 7) is 8.69. The van der Waals surface area contributed by atoms with E-state index in [1.165, 1.54) is 225 Å². The number of unbranched alkanes of at least 4 members (excludes halogenated alkanes) is 30. The third kappa shape index (κ3) is 34.2. The Morgan fingerprint density at radius 2 is 0.475 bits per heavy atom. The highest BCUT2D eigenvalue weighted by molar-refractivity contribution is 4.62. The average molecular weight is 562 g/mol. The van der Waals surface area contributed by atoms with Gasteiger partial charge in [0.1, 0.15) is 0 Å².